The van der Waals surface area contributed by atoms with Crippen molar-refractivity contribution in [1.82, 2.24) is 0 Å². The monoisotopic (exact) mass is 222 g/mol. The molecule has 16 heavy (non-hydrogen) atoms. The molecular weight excluding hydrogens is 204 g/mol. The molecule has 0 atom stereocenters. The number of carboxylic acid groups (broad SMARTS) is 1. The van der Waals surface area contributed by atoms with Crippen LogP contribution in [0.1, 0.15) is 28.7 Å². The number of hydrogen-bond donors (Lipinski definition) is 1. The molecule has 0 bridgehead atoms. The van der Waals surface area contributed by atoms with Gasteiger partial charge in [0.2, 0.25) is 0 Å². The smallest absolute Gasteiger partial charge is 0.303 e. The summed E-state index contributed by atoms with van der Waals surface area (Å²) < 4.78 is 5.38. The highest BCUT2D eigenvalue weighted by Gasteiger charge is 2.13. The summed E-state index contributed by atoms with van der Waals surface area (Å²) in [4.78, 5) is 10.6. The summed E-state index contributed by atoms with van der Waals surface area (Å²) in [5.41, 5.74) is 4.37. The third-order valence-corrected chi connectivity index (χ3v) is 2.91. The molecule has 0 aliphatic rings. The third kappa shape index (κ3) is 2.54. The zero-order valence-corrected chi connectivity index (χ0v) is 10.3. The van der Waals surface area contributed by atoms with Gasteiger partial charge < -0.3 is 9.84 Å². The van der Waals surface area contributed by atoms with Gasteiger partial charge in [-0.05, 0) is 49.4 Å². The molecule has 1 N–H and O–H groups in total. The van der Waals surface area contributed by atoms with Gasteiger partial charge in [0, 0.05) is 6.42 Å². The number of aryl methyl sites for hydroxylation is 2. The molecule has 88 valence electrons. The summed E-state index contributed by atoms with van der Waals surface area (Å²) in [6, 6.07) is 2.08. The van der Waals surface area contributed by atoms with Crippen molar-refractivity contribution < 1.29 is 14.6 Å². The van der Waals surface area contributed by atoms with E-state index in [1.54, 1.807) is 7.11 Å². The highest BCUT2D eigenvalue weighted by Crippen LogP contribution is 2.30. The van der Waals surface area contributed by atoms with Gasteiger partial charge in [-0.3, -0.25) is 4.79 Å². The van der Waals surface area contributed by atoms with Crippen LogP contribution in [0, 0.1) is 20.8 Å². The Kier molecular flexibility index (Phi) is 3.93. The minimum absolute atomic E-state index is 0.139. The van der Waals surface area contributed by atoms with Gasteiger partial charge in [-0.25, -0.2) is 0 Å². The van der Waals surface area contributed by atoms with Crippen LogP contribution in [-0.4, -0.2) is 18.2 Å². The van der Waals surface area contributed by atoms with Gasteiger partial charge in [0.05, 0.1) is 7.11 Å². The lowest BCUT2D eigenvalue weighted by molar-refractivity contribution is -0.136. The lowest BCUT2D eigenvalue weighted by Crippen LogP contribution is -2.04. The maximum atomic E-state index is 10.6. The summed E-state index contributed by atoms with van der Waals surface area (Å²) in [7, 11) is 1.63. The molecule has 0 radical (unpaired) electrons. The fourth-order valence-electron chi connectivity index (χ4n) is 1.92. The number of benzene rings is 1. The van der Waals surface area contributed by atoms with E-state index < -0.39 is 5.97 Å². The Labute approximate surface area is 96.1 Å². The first-order valence-electron chi connectivity index (χ1n) is 5.32. The van der Waals surface area contributed by atoms with Gasteiger partial charge in [0.1, 0.15) is 5.75 Å². The number of rotatable bonds is 4. The molecule has 1 aromatic carbocycles. The summed E-state index contributed by atoms with van der Waals surface area (Å²) in [5, 5.41) is 8.71. The molecule has 1 rings (SSSR count). The highest BCUT2D eigenvalue weighted by molar-refractivity contribution is 5.67. The summed E-state index contributed by atoms with van der Waals surface area (Å²) in [6.45, 7) is 6.02. The Bertz CT molecular complexity index is 408. The van der Waals surface area contributed by atoms with Crippen LogP contribution in [0.5, 0.6) is 5.75 Å². The average molecular weight is 222 g/mol. The summed E-state index contributed by atoms with van der Waals surface area (Å²) >= 11 is 0. The molecule has 0 aliphatic heterocycles. The van der Waals surface area contributed by atoms with Crippen molar-refractivity contribution in [2.24, 2.45) is 0 Å². The van der Waals surface area contributed by atoms with Crippen LogP contribution in [0.15, 0.2) is 6.07 Å². The predicted octanol–water partition coefficient (Wildman–Crippen LogP) is 2.64. The van der Waals surface area contributed by atoms with Crippen LogP contribution in [0.25, 0.3) is 0 Å². The number of carbonyl (C=O) groups is 1. The second-order valence-electron chi connectivity index (χ2n) is 4.04. The number of hydrogen-bond acceptors (Lipinski definition) is 2. The van der Waals surface area contributed by atoms with E-state index in [4.69, 9.17) is 9.84 Å². The minimum atomic E-state index is -0.778. The van der Waals surface area contributed by atoms with Crippen LogP contribution in [0.3, 0.4) is 0 Å². The molecule has 3 nitrogen and oxygen atoms in total. The fourth-order valence-corrected chi connectivity index (χ4v) is 1.92. The summed E-state index contributed by atoms with van der Waals surface area (Å²) in [6.07, 6.45) is 0.658. The first-order chi connectivity index (χ1) is 7.47. The van der Waals surface area contributed by atoms with E-state index in [1.807, 2.05) is 20.8 Å². The van der Waals surface area contributed by atoms with Crippen molar-refractivity contribution in [2.45, 2.75) is 33.6 Å². The molecule has 3 heteroatoms. The maximum absolute atomic E-state index is 10.6. The molecule has 0 amide bonds. The third-order valence-electron chi connectivity index (χ3n) is 2.91. The molecular formula is C13H18O3. The molecule has 0 aromatic heterocycles. The molecule has 1 aromatic rings. The molecule has 0 fully saturated rings. The van der Waals surface area contributed by atoms with Crippen molar-refractivity contribution in [3.8, 4) is 5.75 Å². The van der Waals surface area contributed by atoms with Crippen LogP contribution in [0.4, 0.5) is 0 Å². The lowest BCUT2D eigenvalue weighted by Gasteiger charge is -2.16. The molecule has 0 aliphatic carbocycles. The Morgan fingerprint density at radius 3 is 2.44 bits per heavy atom. The van der Waals surface area contributed by atoms with Crippen molar-refractivity contribution in [3.05, 3.63) is 28.3 Å². The van der Waals surface area contributed by atoms with E-state index >= 15 is 0 Å². The van der Waals surface area contributed by atoms with Gasteiger partial charge in [-0.15, -0.1) is 0 Å². The van der Waals surface area contributed by atoms with Crippen molar-refractivity contribution in [2.75, 3.05) is 7.11 Å². The molecule has 0 saturated heterocycles. The first-order valence-corrected chi connectivity index (χ1v) is 5.32. The van der Waals surface area contributed by atoms with Gasteiger partial charge in [-0.1, -0.05) is 6.07 Å². The first kappa shape index (κ1) is 12.6. The van der Waals surface area contributed by atoms with Crippen molar-refractivity contribution >= 4 is 5.97 Å². The maximum Gasteiger partial charge on any atom is 0.303 e. The molecule has 0 heterocycles. The Balaban J connectivity index is 3.15. The number of ether oxygens (including phenoxy) is 1. The van der Waals surface area contributed by atoms with E-state index in [2.05, 4.69) is 6.07 Å². The van der Waals surface area contributed by atoms with E-state index in [1.165, 1.54) is 5.56 Å². The Hall–Kier alpha value is -1.51. The van der Waals surface area contributed by atoms with Gasteiger partial charge in [-0.2, -0.15) is 0 Å². The number of carboxylic acids is 1. The van der Waals surface area contributed by atoms with E-state index in [0.717, 1.165) is 22.4 Å². The van der Waals surface area contributed by atoms with E-state index in [9.17, 15) is 4.79 Å². The van der Waals surface area contributed by atoms with Gasteiger partial charge in [0.25, 0.3) is 0 Å². The minimum Gasteiger partial charge on any atom is -0.496 e. The lowest BCUT2D eigenvalue weighted by atomic mass is 9.96. The normalized spacial score (nSPS) is 10.2. The van der Waals surface area contributed by atoms with Crippen molar-refractivity contribution in [1.29, 1.82) is 0 Å². The van der Waals surface area contributed by atoms with Gasteiger partial charge in [0.15, 0.2) is 0 Å². The largest absolute Gasteiger partial charge is 0.496 e. The zero-order chi connectivity index (χ0) is 12.3. The fraction of sp³-hybridized carbons (Fsp3) is 0.462. The second-order valence-corrected chi connectivity index (χ2v) is 4.04. The Morgan fingerprint density at radius 2 is 1.94 bits per heavy atom. The number of aliphatic carboxylic acids is 1. The number of methoxy groups -OCH3 is 1. The van der Waals surface area contributed by atoms with E-state index in [0.29, 0.717) is 6.42 Å². The predicted molar refractivity (Wildman–Crippen MR) is 63.2 cm³/mol. The molecule has 0 unspecified atom stereocenters. The van der Waals surface area contributed by atoms with Crippen LogP contribution in [0.2, 0.25) is 0 Å². The quantitative estimate of drug-likeness (QED) is 0.851. The molecule has 0 spiro atoms. The Morgan fingerprint density at radius 1 is 1.31 bits per heavy atom. The molecule has 0 saturated carbocycles. The SMILES string of the molecule is COc1c(C)c(C)cc(C)c1CCC(=O)O. The van der Waals surface area contributed by atoms with Crippen LogP contribution >= 0.6 is 0 Å². The van der Waals surface area contributed by atoms with Crippen LogP contribution < -0.4 is 4.74 Å². The second kappa shape index (κ2) is 5.01. The highest BCUT2D eigenvalue weighted by atomic mass is 16.5. The standard InChI is InChI=1S/C13H18O3/c1-8-7-9(2)11(5-6-12(14)15)13(16-4)10(8)3/h7H,5-6H2,1-4H3,(H,14,15). The average Bonchev–Trinajstić information content (AvgIpc) is 2.21. The van der Waals surface area contributed by atoms with Gasteiger partial charge >= 0.3 is 5.97 Å². The van der Waals surface area contributed by atoms with Crippen molar-refractivity contribution in [3.63, 3.8) is 0 Å². The zero-order valence-electron chi connectivity index (χ0n) is 10.3. The van der Waals surface area contributed by atoms with E-state index in [-0.39, 0.29) is 6.42 Å². The topological polar surface area (TPSA) is 46.5 Å². The van der Waals surface area contributed by atoms with Crippen LogP contribution in [-0.2, 0) is 11.2 Å². The summed E-state index contributed by atoms with van der Waals surface area (Å²) in [5.74, 6) is 0.0541.